The first-order valence-corrected chi connectivity index (χ1v) is 5.52. The number of rotatable bonds is 7. The molecule has 6 heteroatoms. The summed E-state index contributed by atoms with van der Waals surface area (Å²) in [6.45, 7) is 4.40. The van der Waals surface area contributed by atoms with Gasteiger partial charge in [0.25, 0.3) is 0 Å². The number of anilines is 1. The fourth-order valence-electron chi connectivity index (χ4n) is 1.20. The molecule has 0 aliphatic heterocycles. The molecule has 0 aromatic carbocycles. The Bertz CT molecular complexity index is 369. The maximum atomic E-state index is 10.3. The lowest BCUT2D eigenvalue weighted by molar-refractivity contribution is -0.137. The number of aromatic nitrogens is 2. The minimum Gasteiger partial charge on any atom is -0.481 e. The number of carboxylic acids is 1. The van der Waals surface area contributed by atoms with E-state index in [-0.39, 0.29) is 12.5 Å². The molecule has 1 rings (SSSR count). The van der Waals surface area contributed by atoms with Crippen LogP contribution in [0.25, 0.3) is 0 Å². The van der Waals surface area contributed by atoms with Gasteiger partial charge in [0.2, 0.25) is 5.88 Å². The fraction of sp³-hybridized carbons (Fsp3) is 0.545. The molecule has 0 atom stereocenters. The number of aliphatic carboxylic acids is 1. The lowest BCUT2D eigenvalue weighted by Gasteiger charge is -2.09. The van der Waals surface area contributed by atoms with Crippen molar-refractivity contribution in [3.63, 3.8) is 0 Å². The Morgan fingerprint density at radius 2 is 2.29 bits per heavy atom. The predicted molar refractivity (Wildman–Crippen MR) is 63.2 cm³/mol. The molecule has 0 saturated carbocycles. The summed E-state index contributed by atoms with van der Waals surface area (Å²) in [6.07, 6.45) is 2.18. The second-order valence-electron chi connectivity index (χ2n) is 3.83. The van der Waals surface area contributed by atoms with E-state index < -0.39 is 5.97 Å². The van der Waals surface area contributed by atoms with Gasteiger partial charge in [-0.05, 0) is 20.3 Å². The van der Waals surface area contributed by atoms with E-state index >= 15 is 0 Å². The summed E-state index contributed by atoms with van der Waals surface area (Å²) in [7, 11) is 0. The number of hydrogen-bond acceptors (Lipinski definition) is 5. The second kappa shape index (κ2) is 6.67. The van der Waals surface area contributed by atoms with Gasteiger partial charge in [-0.25, -0.2) is 9.97 Å². The van der Waals surface area contributed by atoms with E-state index in [2.05, 4.69) is 15.3 Å². The summed E-state index contributed by atoms with van der Waals surface area (Å²) < 4.78 is 5.41. The standard InChI is InChI=1S/C11H17N3O3/c1-8(2)17-10-6-9(13-7-14-10)12-5-3-4-11(15)16/h6-8H,3-5H2,1-2H3,(H,15,16)(H,12,13,14). The van der Waals surface area contributed by atoms with E-state index in [1.807, 2.05) is 13.8 Å². The van der Waals surface area contributed by atoms with Crippen molar-refractivity contribution in [2.24, 2.45) is 0 Å². The first-order valence-electron chi connectivity index (χ1n) is 5.52. The first kappa shape index (κ1) is 13.2. The van der Waals surface area contributed by atoms with E-state index in [1.165, 1.54) is 6.33 Å². The third kappa shape index (κ3) is 5.70. The van der Waals surface area contributed by atoms with E-state index in [9.17, 15) is 4.79 Å². The van der Waals surface area contributed by atoms with Crippen molar-refractivity contribution >= 4 is 11.8 Å². The number of hydrogen-bond donors (Lipinski definition) is 2. The van der Waals surface area contributed by atoms with Gasteiger partial charge in [-0.3, -0.25) is 4.79 Å². The summed E-state index contributed by atoms with van der Waals surface area (Å²) >= 11 is 0. The highest BCUT2D eigenvalue weighted by Crippen LogP contribution is 2.12. The van der Waals surface area contributed by atoms with Crippen LogP contribution in [0.15, 0.2) is 12.4 Å². The normalized spacial score (nSPS) is 10.3. The van der Waals surface area contributed by atoms with E-state index in [0.717, 1.165) is 0 Å². The van der Waals surface area contributed by atoms with Crippen LogP contribution in [-0.4, -0.2) is 33.7 Å². The lowest BCUT2D eigenvalue weighted by atomic mass is 10.3. The van der Waals surface area contributed by atoms with Crippen LogP contribution in [0, 0.1) is 0 Å². The summed E-state index contributed by atoms with van der Waals surface area (Å²) in [5.41, 5.74) is 0. The number of carbonyl (C=O) groups is 1. The Morgan fingerprint density at radius 3 is 2.94 bits per heavy atom. The number of nitrogens with zero attached hydrogens (tertiary/aromatic N) is 2. The summed E-state index contributed by atoms with van der Waals surface area (Å²) in [6, 6.07) is 1.70. The molecule has 2 N–H and O–H groups in total. The third-order valence-corrected chi connectivity index (χ3v) is 1.87. The van der Waals surface area contributed by atoms with Gasteiger partial charge in [0, 0.05) is 19.0 Å². The van der Waals surface area contributed by atoms with Crippen LogP contribution in [0.3, 0.4) is 0 Å². The van der Waals surface area contributed by atoms with Crippen molar-refractivity contribution in [2.45, 2.75) is 32.8 Å². The van der Waals surface area contributed by atoms with Gasteiger partial charge >= 0.3 is 5.97 Å². The van der Waals surface area contributed by atoms with Crippen LogP contribution in [0.4, 0.5) is 5.82 Å². The van der Waals surface area contributed by atoms with Crippen LogP contribution in [0.1, 0.15) is 26.7 Å². The third-order valence-electron chi connectivity index (χ3n) is 1.87. The number of nitrogens with one attached hydrogen (secondary N) is 1. The lowest BCUT2D eigenvalue weighted by Crippen LogP contribution is -2.09. The Labute approximate surface area is 100 Å². The molecule has 17 heavy (non-hydrogen) atoms. The zero-order valence-electron chi connectivity index (χ0n) is 10.0. The monoisotopic (exact) mass is 239 g/mol. The Morgan fingerprint density at radius 1 is 1.53 bits per heavy atom. The number of carboxylic acid groups (broad SMARTS) is 1. The van der Waals surface area contributed by atoms with Crippen LogP contribution < -0.4 is 10.1 Å². The molecule has 0 fully saturated rings. The molecule has 1 heterocycles. The summed E-state index contributed by atoms with van der Waals surface area (Å²) in [5, 5.41) is 11.5. The molecule has 1 aromatic rings. The van der Waals surface area contributed by atoms with E-state index in [0.29, 0.717) is 24.7 Å². The quantitative estimate of drug-likeness (QED) is 0.702. The van der Waals surface area contributed by atoms with Crippen molar-refractivity contribution < 1.29 is 14.6 Å². The summed E-state index contributed by atoms with van der Waals surface area (Å²) in [4.78, 5) is 18.3. The highest BCUT2D eigenvalue weighted by Gasteiger charge is 2.02. The van der Waals surface area contributed by atoms with Crippen LogP contribution in [0.5, 0.6) is 5.88 Å². The van der Waals surface area contributed by atoms with Crippen molar-refractivity contribution in [1.82, 2.24) is 9.97 Å². The highest BCUT2D eigenvalue weighted by molar-refractivity contribution is 5.66. The molecule has 0 radical (unpaired) electrons. The largest absolute Gasteiger partial charge is 0.481 e. The van der Waals surface area contributed by atoms with Crippen molar-refractivity contribution in [3.05, 3.63) is 12.4 Å². The van der Waals surface area contributed by atoms with E-state index in [1.54, 1.807) is 6.07 Å². The van der Waals surface area contributed by atoms with Gasteiger partial charge in [-0.2, -0.15) is 0 Å². The van der Waals surface area contributed by atoms with Gasteiger partial charge < -0.3 is 15.2 Å². The molecule has 6 nitrogen and oxygen atoms in total. The maximum Gasteiger partial charge on any atom is 0.303 e. The van der Waals surface area contributed by atoms with Crippen LogP contribution in [0.2, 0.25) is 0 Å². The molecule has 0 aliphatic rings. The SMILES string of the molecule is CC(C)Oc1cc(NCCCC(=O)O)ncn1. The van der Waals surface area contributed by atoms with Crippen molar-refractivity contribution in [2.75, 3.05) is 11.9 Å². The fourth-order valence-corrected chi connectivity index (χ4v) is 1.20. The van der Waals surface area contributed by atoms with Gasteiger partial charge in [-0.1, -0.05) is 0 Å². The van der Waals surface area contributed by atoms with Crippen LogP contribution >= 0.6 is 0 Å². The van der Waals surface area contributed by atoms with Gasteiger partial charge in [-0.15, -0.1) is 0 Å². The Kier molecular flexibility index (Phi) is 5.19. The molecule has 0 amide bonds. The van der Waals surface area contributed by atoms with Crippen LogP contribution in [-0.2, 0) is 4.79 Å². The number of ether oxygens (including phenoxy) is 1. The van der Waals surface area contributed by atoms with Gasteiger partial charge in [0.15, 0.2) is 0 Å². The summed E-state index contributed by atoms with van der Waals surface area (Å²) in [5.74, 6) is 0.357. The van der Waals surface area contributed by atoms with Gasteiger partial charge in [0.05, 0.1) is 6.10 Å². The zero-order chi connectivity index (χ0) is 12.7. The molecule has 1 aromatic heterocycles. The molecular formula is C11H17N3O3. The van der Waals surface area contributed by atoms with Crippen molar-refractivity contribution in [3.8, 4) is 5.88 Å². The minimum atomic E-state index is -0.793. The second-order valence-corrected chi connectivity index (χ2v) is 3.83. The first-order chi connectivity index (χ1) is 8.08. The average Bonchev–Trinajstić information content (AvgIpc) is 2.24. The molecular weight excluding hydrogens is 222 g/mol. The highest BCUT2D eigenvalue weighted by atomic mass is 16.5. The Balaban J connectivity index is 2.40. The molecule has 0 aliphatic carbocycles. The maximum absolute atomic E-state index is 10.3. The van der Waals surface area contributed by atoms with Gasteiger partial charge in [0.1, 0.15) is 12.1 Å². The smallest absolute Gasteiger partial charge is 0.303 e. The molecule has 94 valence electrons. The van der Waals surface area contributed by atoms with E-state index in [4.69, 9.17) is 9.84 Å². The Hall–Kier alpha value is -1.85. The zero-order valence-corrected chi connectivity index (χ0v) is 10.0. The average molecular weight is 239 g/mol. The molecule has 0 bridgehead atoms. The topological polar surface area (TPSA) is 84.3 Å². The molecule has 0 unspecified atom stereocenters. The minimum absolute atomic E-state index is 0.0600. The molecule has 0 saturated heterocycles. The molecule has 0 spiro atoms. The predicted octanol–water partition coefficient (Wildman–Crippen LogP) is 1.54. The van der Waals surface area contributed by atoms with Crippen molar-refractivity contribution in [1.29, 1.82) is 0 Å².